The van der Waals surface area contributed by atoms with E-state index in [4.69, 9.17) is 0 Å². The van der Waals surface area contributed by atoms with Gasteiger partial charge in [0, 0.05) is 11.8 Å². The van der Waals surface area contributed by atoms with Gasteiger partial charge in [-0.25, -0.2) is 8.78 Å². The highest BCUT2D eigenvalue weighted by molar-refractivity contribution is 6.03. The summed E-state index contributed by atoms with van der Waals surface area (Å²) in [6.07, 6.45) is 2.33. The summed E-state index contributed by atoms with van der Waals surface area (Å²) in [5, 5.41) is 3.04. The Morgan fingerprint density at radius 2 is 2.00 bits per heavy atom. The predicted molar refractivity (Wildman–Crippen MR) is 51.1 cm³/mol. The highest BCUT2D eigenvalue weighted by Crippen LogP contribution is 2.23. The second-order valence-electron chi connectivity index (χ2n) is 3.38. The molecule has 0 aromatic carbocycles. The number of halogens is 2. The molecule has 4 heteroatoms. The van der Waals surface area contributed by atoms with Gasteiger partial charge in [-0.05, 0) is 19.9 Å². The van der Waals surface area contributed by atoms with E-state index >= 15 is 0 Å². The van der Waals surface area contributed by atoms with E-state index < -0.39 is 11.7 Å². The van der Waals surface area contributed by atoms with Crippen molar-refractivity contribution in [1.29, 1.82) is 0 Å². The van der Waals surface area contributed by atoms with E-state index in [0.29, 0.717) is 5.71 Å². The van der Waals surface area contributed by atoms with Crippen molar-refractivity contribution in [1.82, 2.24) is 5.32 Å². The second-order valence-corrected chi connectivity index (χ2v) is 3.38. The minimum Gasteiger partial charge on any atom is -0.375 e. The van der Waals surface area contributed by atoms with E-state index in [-0.39, 0.29) is 6.04 Å². The number of nitrogens with one attached hydrogen (secondary N) is 1. The third kappa shape index (κ3) is 1.36. The van der Waals surface area contributed by atoms with Gasteiger partial charge in [0.15, 0.2) is 11.7 Å². The van der Waals surface area contributed by atoms with E-state index in [1.54, 1.807) is 0 Å². The molecule has 1 heterocycles. The Labute approximate surface area is 80.7 Å². The van der Waals surface area contributed by atoms with Crippen LogP contribution in [0.25, 0.3) is 0 Å². The standard InChI is InChI=1S/C10H10F2N2/c1-5-6(2)14-10-4-8(12)7(11)3-9(10)13-5/h3-4,9,13H,1-2H3. The molecule has 0 aromatic rings. The van der Waals surface area contributed by atoms with Crippen molar-refractivity contribution in [3.05, 3.63) is 35.2 Å². The second kappa shape index (κ2) is 3.04. The van der Waals surface area contributed by atoms with Crippen LogP contribution < -0.4 is 5.32 Å². The molecule has 1 unspecified atom stereocenters. The Balaban J connectivity index is 2.42. The van der Waals surface area contributed by atoms with Gasteiger partial charge in [-0.2, -0.15) is 0 Å². The monoisotopic (exact) mass is 196 g/mol. The van der Waals surface area contributed by atoms with Crippen molar-refractivity contribution in [2.45, 2.75) is 19.9 Å². The zero-order valence-corrected chi connectivity index (χ0v) is 7.94. The molecular formula is C10H10F2N2. The molecule has 2 rings (SSSR count). The molecular weight excluding hydrogens is 186 g/mol. The molecule has 14 heavy (non-hydrogen) atoms. The largest absolute Gasteiger partial charge is 0.375 e. The fourth-order valence-electron chi connectivity index (χ4n) is 1.43. The van der Waals surface area contributed by atoms with Crippen molar-refractivity contribution in [3.8, 4) is 0 Å². The van der Waals surface area contributed by atoms with Crippen molar-refractivity contribution in [2.75, 3.05) is 0 Å². The average Bonchev–Trinajstić information content (AvgIpc) is 2.11. The third-order valence-corrected chi connectivity index (χ3v) is 2.35. The lowest BCUT2D eigenvalue weighted by molar-refractivity contribution is 0.534. The highest BCUT2D eigenvalue weighted by Gasteiger charge is 2.24. The molecule has 1 aliphatic heterocycles. The SMILES string of the molecule is CC1=C(C)NC2C=C(F)C(F)=CC2=N1. The maximum Gasteiger partial charge on any atom is 0.160 e. The third-order valence-electron chi connectivity index (χ3n) is 2.35. The van der Waals surface area contributed by atoms with Crippen LogP contribution >= 0.6 is 0 Å². The normalized spacial score (nSPS) is 26.0. The average molecular weight is 196 g/mol. The zero-order chi connectivity index (χ0) is 10.3. The molecule has 0 saturated heterocycles. The van der Waals surface area contributed by atoms with Crippen molar-refractivity contribution in [2.24, 2.45) is 4.99 Å². The first kappa shape index (κ1) is 9.12. The Morgan fingerprint density at radius 3 is 2.71 bits per heavy atom. The first-order valence-electron chi connectivity index (χ1n) is 4.35. The van der Waals surface area contributed by atoms with Gasteiger partial charge >= 0.3 is 0 Å². The summed E-state index contributed by atoms with van der Waals surface area (Å²) in [6, 6.07) is -0.335. The number of hydrogen-bond donors (Lipinski definition) is 1. The van der Waals surface area contributed by atoms with E-state index in [1.165, 1.54) is 6.08 Å². The number of rotatable bonds is 0. The molecule has 0 amide bonds. The van der Waals surface area contributed by atoms with Gasteiger partial charge in [0.25, 0.3) is 0 Å². The molecule has 1 aliphatic carbocycles. The number of fused-ring (bicyclic) bond motifs is 1. The lowest BCUT2D eigenvalue weighted by Crippen LogP contribution is -2.37. The van der Waals surface area contributed by atoms with Gasteiger partial charge < -0.3 is 5.32 Å². The summed E-state index contributed by atoms with van der Waals surface area (Å²) in [5.74, 6) is -1.68. The molecule has 74 valence electrons. The number of allylic oxidation sites excluding steroid dienone is 4. The molecule has 2 aliphatic rings. The smallest absolute Gasteiger partial charge is 0.160 e. The Morgan fingerprint density at radius 1 is 1.29 bits per heavy atom. The van der Waals surface area contributed by atoms with Gasteiger partial charge in [-0.15, -0.1) is 0 Å². The van der Waals surface area contributed by atoms with Crippen LogP contribution in [0.5, 0.6) is 0 Å². The summed E-state index contributed by atoms with van der Waals surface area (Å²) in [6.45, 7) is 3.68. The van der Waals surface area contributed by atoms with Gasteiger partial charge in [-0.3, -0.25) is 4.99 Å². The summed E-state index contributed by atoms with van der Waals surface area (Å²) in [5.41, 5.74) is 2.21. The van der Waals surface area contributed by atoms with Gasteiger partial charge in [0.1, 0.15) is 0 Å². The summed E-state index contributed by atoms with van der Waals surface area (Å²) in [4.78, 5) is 4.18. The molecule has 0 spiro atoms. The predicted octanol–water partition coefficient (Wildman–Crippen LogP) is 2.37. The number of nitrogens with zero attached hydrogens (tertiary/aromatic N) is 1. The van der Waals surface area contributed by atoms with Crippen LogP contribution in [0.4, 0.5) is 8.78 Å². The maximum atomic E-state index is 12.9. The zero-order valence-electron chi connectivity index (χ0n) is 7.94. The molecule has 1 atom stereocenters. The van der Waals surface area contributed by atoms with Gasteiger partial charge in [0.2, 0.25) is 0 Å². The fraction of sp³-hybridized carbons (Fsp3) is 0.300. The highest BCUT2D eigenvalue weighted by atomic mass is 19.2. The minimum atomic E-state index is -0.853. The van der Waals surface area contributed by atoms with E-state index in [1.807, 2.05) is 13.8 Å². The summed E-state index contributed by atoms with van der Waals surface area (Å²) < 4.78 is 25.7. The summed E-state index contributed by atoms with van der Waals surface area (Å²) >= 11 is 0. The van der Waals surface area contributed by atoms with Crippen LogP contribution in [0.15, 0.2) is 40.2 Å². The Bertz CT molecular complexity index is 402. The summed E-state index contributed by atoms with van der Waals surface area (Å²) in [7, 11) is 0. The molecule has 1 N–H and O–H groups in total. The Hall–Kier alpha value is -1.45. The van der Waals surface area contributed by atoms with Crippen molar-refractivity contribution in [3.63, 3.8) is 0 Å². The Kier molecular flexibility index (Phi) is 1.98. The van der Waals surface area contributed by atoms with E-state index in [2.05, 4.69) is 10.3 Å². The van der Waals surface area contributed by atoms with E-state index in [9.17, 15) is 8.78 Å². The van der Waals surface area contributed by atoms with Crippen LogP contribution in [0.3, 0.4) is 0 Å². The van der Waals surface area contributed by atoms with Gasteiger partial charge in [-0.1, -0.05) is 0 Å². The lowest BCUT2D eigenvalue weighted by atomic mass is 10.0. The van der Waals surface area contributed by atoms with Gasteiger partial charge in [0.05, 0.1) is 17.5 Å². The van der Waals surface area contributed by atoms with Crippen molar-refractivity contribution >= 4 is 5.71 Å². The van der Waals surface area contributed by atoms with Crippen molar-refractivity contribution < 1.29 is 8.78 Å². The molecule has 0 fully saturated rings. The number of aliphatic imine (C=N–C) groups is 1. The van der Waals surface area contributed by atoms with Crippen LogP contribution in [0.1, 0.15) is 13.8 Å². The first-order valence-corrected chi connectivity index (χ1v) is 4.35. The molecule has 2 nitrogen and oxygen atoms in total. The van der Waals surface area contributed by atoms with Crippen LogP contribution in [-0.4, -0.2) is 11.8 Å². The maximum absolute atomic E-state index is 12.9. The molecule has 0 aromatic heterocycles. The fourth-order valence-corrected chi connectivity index (χ4v) is 1.43. The quantitative estimate of drug-likeness (QED) is 0.632. The number of hydrogen-bond acceptors (Lipinski definition) is 2. The van der Waals surface area contributed by atoms with Crippen LogP contribution in [0, 0.1) is 0 Å². The minimum absolute atomic E-state index is 0.335. The van der Waals surface area contributed by atoms with E-state index in [0.717, 1.165) is 17.5 Å². The first-order chi connectivity index (χ1) is 6.58. The lowest BCUT2D eigenvalue weighted by Gasteiger charge is -2.25. The molecule has 0 bridgehead atoms. The van der Waals surface area contributed by atoms with Crippen LogP contribution in [-0.2, 0) is 0 Å². The van der Waals surface area contributed by atoms with Crippen LogP contribution in [0.2, 0.25) is 0 Å². The molecule has 0 saturated carbocycles. The topological polar surface area (TPSA) is 24.4 Å². The molecule has 0 radical (unpaired) electrons.